The second-order valence-corrected chi connectivity index (χ2v) is 2.81. The third kappa shape index (κ3) is 5.22. The van der Waals surface area contributed by atoms with E-state index in [2.05, 4.69) is 10.1 Å². The zero-order chi connectivity index (χ0) is 13.1. The smallest absolute Gasteiger partial charge is 0.328 e. The molecule has 4 heteroatoms. The average molecular weight is 190 g/mol. The molecule has 76 valence electrons. The Morgan fingerprint density at radius 2 is 2.15 bits per heavy atom. The fraction of sp³-hybridized carbons (Fsp3) is 0.778. The van der Waals surface area contributed by atoms with Crippen LogP contribution in [0.15, 0.2) is 0 Å². The number of amides is 1. The van der Waals surface area contributed by atoms with Crippen molar-refractivity contribution in [2.75, 3.05) is 7.11 Å². The predicted octanol–water partition coefficient (Wildman–Crippen LogP) is 0.710. The average Bonchev–Trinajstić information content (AvgIpc) is 2.12. The third-order valence-corrected chi connectivity index (χ3v) is 1.15. The largest absolute Gasteiger partial charge is 0.467 e. The highest BCUT2D eigenvalue weighted by Gasteiger charge is 2.20. The first-order valence-electron chi connectivity index (χ1n) is 5.43. The lowest BCUT2D eigenvalue weighted by Gasteiger charge is -2.16. The van der Waals surface area contributed by atoms with E-state index in [0.717, 1.165) is 14.0 Å². The van der Waals surface area contributed by atoms with Crippen LogP contribution in [0.3, 0.4) is 0 Å². The van der Waals surface area contributed by atoms with E-state index in [1.807, 2.05) is 0 Å². The summed E-state index contributed by atoms with van der Waals surface area (Å²) in [7, 11) is 1.07. The summed E-state index contributed by atoms with van der Waals surface area (Å²) < 4.78 is 27.5. The number of rotatable bonds is 4. The third-order valence-electron chi connectivity index (χ3n) is 1.15. The van der Waals surface area contributed by atoms with Crippen molar-refractivity contribution in [2.24, 2.45) is 5.89 Å². The highest BCUT2D eigenvalue weighted by molar-refractivity contribution is 5.83. The van der Waals surface area contributed by atoms with Gasteiger partial charge in [0.1, 0.15) is 6.02 Å². The summed E-state index contributed by atoms with van der Waals surface area (Å²) in [5.41, 5.74) is 0. The van der Waals surface area contributed by atoms with E-state index in [-0.39, 0.29) is 0 Å². The number of esters is 1. The quantitative estimate of drug-likeness (QED) is 0.664. The molecule has 0 rings (SSSR count). The van der Waals surface area contributed by atoms with Crippen molar-refractivity contribution in [3.63, 3.8) is 0 Å². The summed E-state index contributed by atoms with van der Waals surface area (Å²) in [4.78, 5) is 22.4. The van der Waals surface area contributed by atoms with Crippen molar-refractivity contribution >= 4 is 11.9 Å². The zero-order valence-electron chi connectivity index (χ0n) is 11.3. The maximum atomic E-state index is 11.4. The Labute approximate surface area is 82.9 Å². The fourth-order valence-corrected chi connectivity index (χ4v) is 0.734. The lowest BCUT2D eigenvalue weighted by Crippen LogP contribution is -2.41. The van der Waals surface area contributed by atoms with Crippen LogP contribution < -0.4 is 5.32 Å². The maximum absolute atomic E-state index is 11.4. The van der Waals surface area contributed by atoms with E-state index < -0.39 is 30.2 Å². The van der Waals surface area contributed by atoms with Gasteiger partial charge < -0.3 is 10.1 Å². The summed E-state index contributed by atoms with van der Waals surface area (Å²) in [6, 6.07) is -2.26. The molecule has 0 fully saturated rings. The lowest BCUT2D eigenvalue weighted by atomic mass is 10.0. The molecule has 0 bridgehead atoms. The Morgan fingerprint density at radius 3 is 2.46 bits per heavy atom. The minimum absolute atomic E-state index is 0.623. The van der Waals surface area contributed by atoms with E-state index in [1.165, 1.54) is 13.8 Å². The minimum Gasteiger partial charge on any atom is -0.467 e. The summed E-state index contributed by atoms with van der Waals surface area (Å²) in [5.74, 6) is -3.05. The SMILES string of the molecule is [2H][C@@H](C([2H])(C)C)C([2H])(NC(C)=O)C(=O)OC. The van der Waals surface area contributed by atoms with Crippen molar-refractivity contribution in [2.45, 2.75) is 33.2 Å². The standard InChI is InChI=1S/C9H17NO3/c1-6(2)5-8(9(12)13-4)10-7(3)11/h6,8H,5H2,1-4H3,(H,10,11)/i5D,6D,8D/t5-,8?/m0/s1. The molecule has 0 aromatic carbocycles. The summed E-state index contributed by atoms with van der Waals surface area (Å²) >= 11 is 0. The Bertz CT molecular complexity index is 290. The van der Waals surface area contributed by atoms with Crippen LogP contribution in [-0.4, -0.2) is 25.0 Å². The van der Waals surface area contributed by atoms with Crippen molar-refractivity contribution in [1.29, 1.82) is 0 Å². The van der Waals surface area contributed by atoms with Crippen molar-refractivity contribution < 1.29 is 18.4 Å². The first kappa shape index (κ1) is 7.35. The Balaban J connectivity index is 5.23. The van der Waals surface area contributed by atoms with Crippen LogP contribution in [0.5, 0.6) is 0 Å². The molecule has 1 unspecified atom stereocenters. The van der Waals surface area contributed by atoms with Crippen LogP contribution in [0, 0.1) is 5.89 Å². The molecule has 0 aliphatic rings. The first-order valence-corrected chi connectivity index (χ1v) is 3.85. The van der Waals surface area contributed by atoms with Gasteiger partial charge in [0.25, 0.3) is 0 Å². The molecule has 0 aromatic heterocycles. The van der Waals surface area contributed by atoms with Crippen LogP contribution in [0.2, 0.25) is 0 Å². The normalized spacial score (nSPS) is 21.4. The lowest BCUT2D eigenvalue weighted by molar-refractivity contribution is -0.145. The molecule has 0 spiro atoms. The second kappa shape index (κ2) is 5.56. The molecule has 2 atom stereocenters. The molecule has 0 radical (unpaired) electrons. The second-order valence-electron chi connectivity index (χ2n) is 2.81. The summed E-state index contributed by atoms with van der Waals surface area (Å²) in [6.07, 6.45) is -1.46. The number of carbonyl (C=O) groups excluding carboxylic acids is 2. The zero-order valence-corrected chi connectivity index (χ0v) is 8.30. The van der Waals surface area contributed by atoms with Gasteiger partial charge in [0.15, 0.2) is 0 Å². The number of hydrogen-bond donors (Lipinski definition) is 1. The van der Waals surface area contributed by atoms with E-state index in [9.17, 15) is 9.59 Å². The predicted molar refractivity (Wildman–Crippen MR) is 49.1 cm³/mol. The molecule has 13 heavy (non-hydrogen) atoms. The van der Waals surface area contributed by atoms with Gasteiger partial charge in [0.2, 0.25) is 5.91 Å². The van der Waals surface area contributed by atoms with Gasteiger partial charge in [-0.1, -0.05) is 13.8 Å². The Morgan fingerprint density at radius 1 is 1.62 bits per heavy atom. The number of ether oxygens (including phenoxy) is 1. The van der Waals surface area contributed by atoms with Crippen molar-refractivity contribution in [3.8, 4) is 0 Å². The first-order chi connectivity index (χ1) is 7.05. The Kier molecular flexibility index (Phi) is 3.15. The molecular weight excluding hydrogens is 170 g/mol. The van der Waals surface area contributed by atoms with E-state index in [4.69, 9.17) is 4.11 Å². The van der Waals surface area contributed by atoms with E-state index >= 15 is 0 Å². The summed E-state index contributed by atoms with van der Waals surface area (Å²) in [5, 5.41) is 2.06. The van der Waals surface area contributed by atoms with Gasteiger partial charge in [-0.05, 0) is 12.3 Å². The number of hydrogen-bond acceptors (Lipinski definition) is 3. The number of methoxy groups -OCH3 is 1. The van der Waals surface area contributed by atoms with Gasteiger partial charge >= 0.3 is 5.97 Å². The Hall–Kier alpha value is -1.06. The molecule has 0 saturated heterocycles. The van der Waals surface area contributed by atoms with E-state index in [0.29, 0.717) is 0 Å². The molecule has 0 saturated carbocycles. The molecule has 0 aliphatic heterocycles. The molecule has 1 amide bonds. The number of carbonyl (C=O) groups is 2. The van der Waals surface area contributed by atoms with Gasteiger partial charge in [-0.3, -0.25) is 4.79 Å². The van der Waals surface area contributed by atoms with Gasteiger partial charge in [-0.25, -0.2) is 4.79 Å². The molecule has 0 heterocycles. The monoisotopic (exact) mass is 190 g/mol. The minimum atomic E-state index is -2.26. The summed E-state index contributed by atoms with van der Waals surface area (Å²) in [6.45, 7) is 3.91. The van der Waals surface area contributed by atoms with Gasteiger partial charge in [0, 0.05) is 9.67 Å². The van der Waals surface area contributed by atoms with E-state index in [1.54, 1.807) is 0 Å². The van der Waals surface area contributed by atoms with Crippen molar-refractivity contribution in [1.82, 2.24) is 5.32 Å². The van der Waals surface area contributed by atoms with Gasteiger partial charge in [0.05, 0.1) is 8.48 Å². The van der Waals surface area contributed by atoms with Gasteiger partial charge in [-0.15, -0.1) is 0 Å². The number of nitrogens with one attached hydrogen (secondary N) is 1. The van der Waals surface area contributed by atoms with Gasteiger partial charge in [-0.2, -0.15) is 0 Å². The topological polar surface area (TPSA) is 55.4 Å². The molecule has 4 nitrogen and oxygen atoms in total. The van der Waals surface area contributed by atoms with Crippen LogP contribution in [0.4, 0.5) is 0 Å². The molecule has 0 aliphatic carbocycles. The molecule has 1 N–H and O–H groups in total. The van der Waals surface area contributed by atoms with Crippen LogP contribution >= 0.6 is 0 Å². The highest BCUT2D eigenvalue weighted by Crippen LogP contribution is 2.05. The highest BCUT2D eigenvalue weighted by atomic mass is 16.5. The maximum Gasteiger partial charge on any atom is 0.328 e. The van der Waals surface area contributed by atoms with Crippen LogP contribution in [0.25, 0.3) is 0 Å². The van der Waals surface area contributed by atoms with Crippen molar-refractivity contribution in [3.05, 3.63) is 0 Å². The molecule has 0 aromatic rings. The van der Waals surface area contributed by atoms with Crippen LogP contribution in [0.1, 0.15) is 31.3 Å². The van der Waals surface area contributed by atoms with Crippen LogP contribution in [-0.2, 0) is 14.3 Å². The molecular formula is C9H17NO3. The fourth-order valence-electron chi connectivity index (χ4n) is 0.734.